The highest BCUT2D eigenvalue weighted by atomic mass is 32.2. The summed E-state index contributed by atoms with van der Waals surface area (Å²) in [6.45, 7) is 10.1. The van der Waals surface area contributed by atoms with E-state index in [0.717, 1.165) is 28.1 Å². The first-order valence-corrected chi connectivity index (χ1v) is 10.6. The molecule has 0 spiro atoms. The molecule has 1 atom stereocenters. The van der Waals surface area contributed by atoms with Gasteiger partial charge in [-0.1, -0.05) is 0 Å². The third kappa shape index (κ3) is 3.77. The van der Waals surface area contributed by atoms with Gasteiger partial charge in [0.1, 0.15) is 10.7 Å². The predicted octanol–water partition coefficient (Wildman–Crippen LogP) is 3.62. The number of H-pyrrole nitrogens is 1. The molecule has 0 radical (unpaired) electrons. The van der Waals surface area contributed by atoms with Crippen LogP contribution in [0.4, 0.5) is 0 Å². The van der Waals surface area contributed by atoms with Crippen molar-refractivity contribution in [2.75, 3.05) is 0 Å². The molecule has 2 heterocycles. The van der Waals surface area contributed by atoms with E-state index in [4.69, 9.17) is 0 Å². The van der Waals surface area contributed by atoms with Crippen LogP contribution < -0.4 is 5.56 Å². The topological polar surface area (TPSA) is 66.1 Å². The van der Waals surface area contributed by atoms with Crippen LogP contribution >= 0.6 is 23.1 Å². The number of thiophene rings is 1. The van der Waals surface area contributed by atoms with Gasteiger partial charge in [-0.25, -0.2) is 4.98 Å². The van der Waals surface area contributed by atoms with Crippen LogP contribution in [0.25, 0.3) is 10.2 Å². The number of nitrogens with zero attached hydrogens (tertiary/aromatic N) is 2. The number of hydrogen-bond donors (Lipinski definition) is 1. The average molecular weight is 380 g/mol. The fourth-order valence-electron chi connectivity index (χ4n) is 3.06. The van der Waals surface area contributed by atoms with E-state index in [9.17, 15) is 9.59 Å². The van der Waals surface area contributed by atoms with Crippen molar-refractivity contribution in [3.8, 4) is 0 Å². The molecule has 7 heteroatoms. The first-order chi connectivity index (χ1) is 11.8. The van der Waals surface area contributed by atoms with Crippen LogP contribution in [0.15, 0.2) is 4.79 Å². The van der Waals surface area contributed by atoms with E-state index >= 15 is 0 Å². The minimum absolute atomic E-state index is 0.0804. The highest BCUT2D eigenvalue weighted by Crippen LogP contribution is 2.31. The van der Waals surface area contributed by atoms with Gasteiger partial charge in [0.25, 0.3) is 5.56 Å². The molecule has 0 bridgehead atoms. The third-order valence-electron chi connectivity index (χ3n) is 4.66. The van der Waals surface area contributed by atoms with Gasteiger partial charge in [0.05, 0.1) is 16.4 Å². The molecule has 3 rings (SSSR count). The third-order valence-corrected chi connectivity index (χ3v) is 6.90. The number of aryl methyl sites for hydroxylation is 2. The van der Waals surface area contributed by atoms with Gasteiger partial charge in [0.15, 0.2) is 0 Å². The number of rotatable bonds is 6. The van der Waals surface area contributed by atoms with Crippen molar-refractivity contribution in [1.82, 2.24) is 14.9 Å². The lowest BCUT2D eigenvalue weighted by atomic mass is 10.2. The van der Waals surface area contributed by atoms with Crippen molar-refractivity contribution in [3.63, 3.8) is 0 Å². The zero-order chi connectivity index (χ0) is 18.3. The first kappa shape index (κ1) is 18.5. The Bertz CT molecular complexity index is 850. The van der Waals surface area contributed by atoms with Gasteiger partial charge < -0.3 is 9.88 Å². The summed E-state index contributed by atoms with van der Waals surface area (Å²) >= 11 is 3.09. The Balaban J connectivity index is 1.71. The molecule has 1 aliphatic carbocycles. The molecular weight excluding hydrogens is 354 g/mol. The number of aromatic amines is 1. The van der Waals surface area contributed by atoms with Gasteiger partial charge in [0.2, 0.25) is 5.91 Å². The molecule has 1 fully saturated rings. The number of hydrogen-bond acceptors (Lipinski definition) is 5. The number of amides is 1. The van der Waals surface area contributed by atoms with Crippen LogP contribution in [0.3, 0.4) is 0 Å². The second kappa shape index (κ2) is 7.11. The van der Waals surface area contributed by atoms with Gasteiger partial charge in [-0.3, -0.25) is 9.59 Å². The summed E-state index contributed by atoms with van der Waals surface area (Å²) in [6.07, 6.45) is 2.23. The molecule has 0 aromatic carbocycles. The molecular formula is C18H25N3O2S2. The summed E-state index contributed by atoms with van der Waals surface area (Å²) in [6, 6.07) is 0.649. The van der Waals surface area contributed by atoms with Crippen molar-refractivity contribution >= 4 is 39.2 Å². The maximum atomic E-state index is 12.7. The van der Waals surface area contributed by atoms with Crippen LogP contribution in [0, 0.1) is 13.8 Å². The molecule has 2 aromatic rings. The Morgan fingerprint density at radius 2 is 2.04 bits per heavy atom. The van der Waals surface area contributed by atoms with Crippen LogP contribution in [-0.4, -0.2) is 38.1 Å². The van der Waals surface area contributed by atoms with E-state index in [2.05, 4.69) is 23.8 Å². The van der Waals surface area contributed by atoms with Gasteiger partial charge >= 0.3 is 0 Å². The van der Waals surface area contributed by atoms with Crippen LogP contribution in [0.2, 0.25) is 0 Å². The molecule has 5 nitrogen and oxygen atoms in total. The van der Waals surface area contributed by atoms with Crippen molar-refractivity contribution in [3.05, 3.63) is 26.6 Å². The molecule has 1 amide bonds. The predicted molar refractivity (Wildman–Crippen MR) is 105 cm³/mol. The Hall–Kier alpha value is -1.34. The van der Waals surface area contributed by atoms with Crippen molar-refractivity contribution in [1.29, 1.82) is 0 Å². The number of carbonyl (C=O) groups is 1. The maximum Gasteiger partial charge on any atom is 0.259 e. The molecule has 25 heavy (non-hydrogen) atoms. The summed E-state index contributed by atoms with van der Waals surface area (Å²) in [4.78, 5) is 36.5. The second-order valence-electron chi connectivity index (χ2n) is 7.00. The summed E-state index contributed by atoms with van der Waals surface area (Å²) < 4.78 is 0. The molecule has 136 valence electrons. The van der Waals surface area contributed by atoms with Gasteiger partial charge in [-0.05, 0) is 53.0 Å². The summed E-state index contributed by atoms with van der Waals surface area (Å²) in [5.74, 6) is 1.37. The lowest BCUT2D eigenvalue weighted by Gasteiger charge is -2.29. The molecule has 0 aliphatic heterocycles. The molecule has 1 unspecified atom stereocenters. The van der Waals surface area contributed by atoms with Crippen LogP contribution in [-0.2, 0) is 10.5 Å². The van der Waals surface area contributed by atoms with Crippen LogP contribution in [0.1, 0.15) is 49.9 Å². The summed E-state index contributed by atoms with van der Waals surface area (Å²) in [5.41, 5.74) is 0.928. The quantitative estimate of drug-likeness (QED) is 0.832. The van der Waals surface area contributed by atoms with E-state index < -0.39 is 0 Å². The largest absolute Gasteiger partial charge is 0.336 e. The Kier molecular flexibility index (Phi) is 5.25. The SMILES string of the molecule is Cc1sc2nc(CSC(C)C(=O)N(C(C)C)C3CC3)[nH]c(=O)c2c1C. The summed E-state index contributed by atoms with van der Waals surface area (Å²) in [7, 11) is 0. The van der Waals surface area contributed by atoms with E-state index in [0.29, 0.717) is 23.0 Å². The number of nitrogens with one attached hydrogen (secondary N) is 1. The number of aromatic nitrogens is 2. The number of fused-ring (bicyclic) bond motifs is 1. The van der Waals surface area contributed by atoms with Crippen molar-refractivity contribution in [2.45, 2.75) is 70.5 Å². The highest BCUT2D eigenvalue weighted by Gasteiger charge is 2.36. The maximum absolute atomic E-state index is 12.7. The number of carbonyl (C=O) groups excluding carboxylic acids is 1. The zero-order valence-corrected chi connectivity index (χ0v) is 17.0. The van der Waals surface area contributed by atoms with E-state index in [1.54, 1.807) is 11.3 Å². The molecule has 1 saturated carbocycles. The van der Waals surface area contributed by atoms with Gasteiger partial charge in [0, 0.05) is 17.0 Å². The summed E-state index contributed by atoms with van der Waals surface area (Å²) in [5, 5.41) is 0.552. The lowest BCUT2D eigenvalue weighted by Crippen LogP contribution is -2.42. The minimum atomic E-state index is -0.143. The normalized spacial score (nSPS) is 15.8. The molecule has 0 saturated heterocycles. The highest BCUT2D eigenvalue weighted by molar-refractivity contribution is 7.99. The average Bonchev–Trinajstić information content (AvgIpc) is 3.31. The van der Waals surface area contributed by atoms with Gasteiger partial charge in [-0.15, -0.1) is 23.1 Å². The fourth-order valence-corrected chi connectivity index (χ4v) is 4.92. The first-order valence-electron chi connectivity index (χ1n) is 8.72. The smallest absolute Gasteiger partial charge is 0.259 e. The Labute approximate surface area is 156 Å². The zero-order valence-electron chi connectivity index (χ0n) is 15.4. The second-order valence-corrected chi connectivity index (χ2v) is 9.53. The minimum Gasteiger partial charge on any atom is -0.336 e. The van der Waals surface area contributed by atoms with E-state index in [1.165, 1.54) is 11.8 Å². The van der Waals surface area contributed by atoms with E-state index in [1.807, 2.05) is 25.7 Å². The standard InChI is InChI=1S/C18H25N3O2S2/c1-9(2)21(13-6-7-13)18(23)12(5)24-8-14-19-16(22)15-10(3)11(4)25-17(15)20-14/h9,12-13H,6-8H2,1-5H3,(H,19,20,22). The Morgan fingerprint density at radius 1 is 1.36 bits per heavy atom. The molecule has 1 N–H and O–H groups in total. The van der Waals surface area contributed by atoms with Crippen LogP contribution in [0.5, 0.6) is 0 Å². The van der Waals surface area contributed by atoms with E-state index in [-0.39, 0.29) is 22.8 Å². The monoisotopic (exact) mass is 379 g/mol. The molecule has 2 aromatic heterocycles. The van der Waals surface area contributed by atoms with Gasteiger partial charge in [-0.2, -0.15) is 0 Å². The molecule has 1 aliphatic rings. The van der Waals surface area contributed by atoms with Crippen molar-refractivity contribution in [2.24, 2.45) is 0 Å². The number of thioether (sulfide) groups is 1. The lowest BCUT2D eigenvalue weighted by molar-refractivity contribution is -0.132. The fraction of sp³-hybridized carbons (Fsp3) is 0.611. The van der Waals surface area contributed by atoms with Crippen molar-refractivity contribution < 1.29 is 4.79 Å². The Morgan fingerprint density at radius 3 is 2.64 bits per heavy atom.